The van der Waals surface area contributed by atoms with E-state index in [-0.39, 0.29) is 5.69 Å². The van der Waals surface area contributed by atoms with Gasteiger partial charge in [0.05, 0.1) is 11.9 Å². The maximum atomic E-state index is 11.7. The Morgan fingerprint density at radius 3 is 2.65 bits per heavy atom. The Bertz CT molecular complexity index is 770. The molecule has 0 aromatic carbocycles. The zero-order valence-electron chi connectivity index (χ0n) is 15.3. The maximum absolute atomic E-state index is 11.7. The Balaban J connectivity index is 1.81. The number of nitrogens with one attached hydrogen (secondary N) is 2. The second kappa shape index (κ2) is 7.96. The van der Waals surface area contributed by atoms with E-state index in [1.54, 1.807) is 6.20 Å². The van der Waals surface area contributed by atoms with E-state index in [1.807, 2.05) is 27.1 Å². The van der Waals surface area contributed by atoms with E-state index in [2.05, 4.69) is 29.9 Å². The van der Waals surface area contributed by atoms with E-state index >= 15 is 0 Å². The van der Waals surface area contributed by atoms with Gasteiger partial charge in [0.15, 0.2) is 11.5 Å². The van der Waals surface area contributed by atoms with Crippen LogP contribution in [0, 0.1) is 6.92 Å². The molecule has 3 rings (SSSR count). The van der Waals surface area contributed by atoms with Gasteiger partial charge in [0.1, 0.15) is 10.8 Å². The van der Waals surface area contributed by atoms with Gasteiger partial charge in [-0.1, -0.05) is 0 Å². The SMILES string of the molecule is CN[C@H]1CC[C@H](N(C)c2cnc(C(N)=O)c(Nc3cc(C)ns3)n2)CC1. The second-order valence-electron chi connectivity index (χ2n) is 6.65. The molecule has 0 bridgehead atoms. The smallest absolute Gasteiger partial charge is 0.271 e. The lowest BCUT2D eigenvalue weighted by molar-refractivity contribution is 0.0996. The lowest BCUT2D eigenvalue weighted by atomic mass is 9.90. The Labute approximate surface area is 157 Å². The fourth-order valence-corrected chi connectivity index (χ4v) is 3.96. The molecule has 1 aliphatic carbocycles. The molecule has 2 aromatic rings. The summed E-state index contributed by atoms with van der Waals surface area (Å²) in [5.41, 5.74) is 6.49. The third kappa shape index (κ3) is 4.10. The Morgan fingerprint density at radius 1 is 1.35 bits per heavy atom. The summed E-state index contributed by atoms with van der Waals surface area (Å²) < 4.78 is 4.23. The van der Waals surface area contributed by atoms with Gasteiger partial charge in [0, 0.05) is 19.1 Å². The summed E-state index contributed by atoms with van der Waals surface area (Å²) >= 11 is 1.31. The van der Waals surface area contributed by atoms with Crippen LogP contribution in [0.15, 0.2) is 12.3 Å². The highest BCUT2D eigenvalue weighted by atomic mass is 32.1. The summed E-state index contributed by atoms with van der Waals surface area (Å²) in [5.74, 6) is 0.492. The molecule has 1 aliphatic rings. The van der Waals surface area contributed by atoms with E-state index in [1.165, 1.54) is 11.5 Å². The molecule has 0 atom stereocenters. The number of primary amides is 1. The molecule has 140 valence electrons. The minimum Gasteiger partial charge on any atom is -0.364 e. The normalized spacial score (nSPS) is 20.0. The highest BCUT2D eigenvalue weighted by Gasteiger charge is 2.25. The third-order valence-corrected chi connectivity index (χ3v) is 5.67. The summed E-state index contributed by atoms with van der Waals surface area (Å²) in [7, 11) is 4.04. The van der Waals surface area contributed by atoms with Crippen LogP contribution in [0.5, 0.6) is 0 Å². The number of aromatic nitrogens is 3. The molecule has 1 fully saturated rings. The van der Waals surface area contributed by atoms with Crippen molar-refractivity contribution in [3.05, 3.63) is 23.7 Å². The summed E-state index contributed by atoms with van der Waals surface area (Å²) in [6.45, 7) is 1.91. The second-order valence-corrected chi connectivity index (χ2v) is 7.46. The molecule has 1 amide bonds. The van der Waals surface area contributed by atoms with E-state index in [0.29, 0.717) is 17.9 Å². The van der Waals surface area contributed by atoms with E-state index in [4.69, 9.17) is 5.73 Å². The van der Waals surface area contributed by atoms with E-state index in [9.17, 15) is 4.79 Å². The van der Waals surface area contributed by atoms with Crippen LogP contribution in [0.3, 0.4) is 0 Å². The molecule has 2 aromatic heterocycles. The van der Waals surface area contributed by atoms with Crippen molar-refractivity contribution in [1.29, 1.82) is 0 Å². The molecule has 9 heteroatoms. The van der Waals surface area contributed by atoms with Crippen LogP contribution in [0.4, 0.5) is 16.6 Å². The fourth-order valence-electron chi connectivity index (χ4n) is 3.30. The molecule has 8 nitrogen and oxygen atoms in total. The van der Waals surface area contributed by atoms with Gasteiger partial charge < -0.3 is 21.3 Å². The van der Waals surface area contributed by atoms with Crippen LogP contribution in [-0.4, -0.2) is 46.4 Å². The number of hydrogen-bond acceptors (Lipinski definition) is 8. The first kappa shape index (κ1) is 18.5. The van der Waals surface area contributed by atoms with Crippen molar-refractivity contribution in [2.24, 2.45) is 5.73 Å². The van der Waals surface area contributed by atoms with Gasteiger partial charge in [0.25, 0.3) is 5.91 Å². The van der Waals surface area contributed by atoms with E-state index in [0.717, 1.165) is 42.2 Å². The van der Waals surface area contributed by atoms with Crippen LogP contribution in [0.25, 0.3) is 0 Å². The lowest BCUT2D eigenvalue weighted by Crippen LogP contribution is -2.40. The molecule has 0 saturated heterocycles. The van der Waals surface area contributed by atoms with Crippen LogP contribution in [0.2, 0.25) is 0 Å². The van der Waals surface area contributed by atoms with Crippen molar-refractivity contribution in [2.75, 3.05) is 24.3 Å². The summed E-state index contributed by atoms with van der Waals surface area (Å²) in [6, 6.07) is 2.90. The van der Waals surface area contributed by atoms with Gasteiger partial charge in [0.2, 0.25) is 0 Å². The Hall–Kier alpha value is -2.26. The van der Waals surface area contributed by atoms with Crippen molar-refractivity contribution < 1.29 is 4.79 Å². The molecule has 0 unspecified atom stereocenters. The molecule has 4 N–H and O–H groups in total. The zero-order chi connectivity index (χ0) is 18.7. The minimum absolute atomic E-state index is 0.132. The zero-order valence-corrected chi connectivity index (χ0v) is 16.1. The number of carbonyl (C=O) groups is 1. The summed E-state index contributed by atoms with van der Waals surface area (Å²) in [6.07, 6.45) is 6.09. The average Bonchev–Trinajstić information content (AvgIpc) is 3.05. The first-order valence-corrected chi connectivity index (χ1v) is 9.52. The average molecular weight is 376 g/mol. The van der Waals surface area contributed by atoms with E-state index < -0.39 is 5.91 Å². The van der Waals surface area contributed by atoms with Gasteiger partial charge in [-0.3, -0.25) is 4.79 Å². The predicted molar refractivity (Wildman–Crippen MR) is 104 cm³/mol. The summed E-state index contributed by atoms with van der Waals surface area (Å²) in [4.78, 5) is 22.7. The number of carbonyl (C=O) groups excluding carboxylic acids is 1. The predicted octanol–water partition coefficient (Wildman–Crippen LogP) is 2.05. The van der Waals surface area contributed by atoms with Gasteiger partial charge in [-0.25, -0.2) is 9.97 Å². The molecule has 0 aliphatic heterocycles. The monoisotopic (exact) mass is 375 g/mol. The first-order chi connectivity index (χ1) is 12.5. The van der Waals surface area contributed by atoms with Crippen molar-refractivity contribution in [3.63, 3.8) is 0 Å². The number of rotatable bonds is 6. The number of hydrogen-bond donors (Lipinski definition) is 3. The largest absolute Gasteiger partial charge is 0.364 e. The van der Waals surface area contributed by atoms with Crippen LogP contribution in [0.1, 0.15) is 41.9 Å². The lowest BCUT2D eigenvalue weighted by Gasteiger charge is -2.35. The third-order valence-electron chi connectivity index (χ3n) is 4.88. The van der Waals surface area contributed by atoms with Gasteiger partial charge >= 0.3 is 0 Å². The summed E-state index contributed by atoms with van der Waals surface area (Å²) in [5, 5.41) is 7.28. The standard InChI is InChI=1S/C17H25N7OS/c1-10-8-14(26-23-10)22-17-15(16(18)25)20-9-13(21-17)24(3)12-6-4-11(19-2)5-7-12/h8-9,11-12,19H,4-7H2,1-3H3,(H2,18,25)(H,21,22)/t11-,12-. The van der Waals surface area contributed by atoms with Crippen molar-refractivity contribution >= 4 is 34.1 Å². The van der Waals surface area contributed by atoms with Crippen molar-refractivity contribution in [2.45, 2.75) is 44.7 Å². The quantitative estimate of drug-likeness (QED) is 0.709. The van der Waals surface area contributed by atoms with Crippen LogP contribution in [-0.2, 0) is 0 Å². The first-order valence-electron chi connectivity index (χ1n) is 8.75. The molecule has 0 spiro atoms. The number of aryl methyl sites for hydroxylation is 1. The number of nitrogens with zero attached hydrogens (tertiary/aromatic N) is 4. The number of anilines is 3. The molecule has 2 heterocycles. The Kier molecular flexibility index (Phi) is 5.67. The fraction of sp³-hybridized carbons (Fsp3) is 0.529. The van der Waals surface area contributed by atoms with Gasteiger partial charge in [-0.15, -0.1) is 0 Å². The minimum atomic E-state index is -0.607. The number of nitrogens with two attached hydrogens (primary N) is 1. The molecular formula is C17H25N7OS. The number of amides is 1. The highest BCUT2D eigenvalue weighted by Crippen LogP contribution is 2.28. The highest BCUT2D eigenvalue weighted by molar-refractivity contribution is 7.10. The molecule has 1 saturated carbocycles. The topological polar surface area (TPSA) is 109 Å². The maximum Gasteiger partial charge on any atom is 0.271 e. The van der Waals surface area contributed by atoms with Crippen molar-refractivity contribution in [1.82, 2.24) is 19.7 Å². The Morgan fingerprint density at radius 2 is 2.08 bits per heavy atom. The van der Waals surface area contributed by atoms with Gasteiger partial charge in [-0.2, -0.15) is 4.37 Å². The molecule has 0 radical (unpaired) electrons. The van der Waals surface area contributed by atoms with Crippen LogP contribution < -0.4 is 21.3 Å². The van der Waals surface area contributed by atoms with Gasteiger partial charge in [-0.05, 0) is 57.3 Å². The van der Waals surface area contributed by atoms with Crippen molar-refractivity contribution in [3.8, 4) is 0 Å². The molecule has 26 heavy (non-hydrogen) atoms. The van der Waals surface area contributed by atoms with Crippen LogP contribution >= 0.6 is 11.5 Å². The molecular weight excluding hydrogens is 350 g/mol.